The maximum atomic E-state index is 12.0. The quantitative estimate of drug-likeness (QED) is 0.787. The molecule has 0 aliphatic heterocycles. The van der Waals surface area contributed by atoms with Gasteiger partial charge in [0.2, 0.25) is 5.91 Å². The molecule has 24 heavy (non-hydrogen) atoms. The van der Waals surface area contributed by atoms with Crippen molar-refractivity contribution in [1.82, 2.24) is 14.8 Å². The predicted octanol–water partition coefficient (Wildman–Crippen LogP) is 4.08. The third kappa shape index (κ3) is 3.02. The van der Waals surface area contributed by atoms with E-state index < -0.39 is 0 Å². The van der Waals surface area contributed by atoms with Gasteiger partial charge in [-0.1, -0.05) is 25.1 Å². The Balaban J connectivity index is 2.11. The van der Waals surface area contributed by atoms with E-state index in [0.29, 0.717) is 18.1 Å². The molecule has 2 heterocycles. The first-order chi connectivity index (χ1) is 11.5. The summed E-state index contributed by atoms with van der Waals surface area (Å²) in [5.41, 5.74) is 4.06. The zero-order valence-electron chi connectivity index (χ0n) is 14.6. The molecule has 5 heteroatoms. The average molecular weight is 322 g/mol. The molecule has 0 radical (unpaired) electrons. The van der Waals surface area contributed by atoms with Gasteiger partial charge in [0, 0.05) is 17.9 Å². The van der Waals surface area contributed by atoms with Gasteiger partial charge in [-0.2, -0.15) is 9.78 Å². The van der Waals surface area contributed by atoms with E-state index in [1.165, 1.54) is 0 Å². The molecule has 0 spiro atoms. The molecule has 0 bridgehead atoms. The van der Waals surface area contributed by atoms with Gasteiger partial charge in [-0.15, -0.1) is 0 Å². The fourth-order valence-corrected chi connectivity index (χ4v) is 2.85. The normalized spacial score (nSPS) is 11.0. The van der Waals surface area contributed by atoms with Crippen LogP contribution in [0.3, 0.4) is 0 Å². The Hall–Kier alpha value is -2.69. The number of nitrogens with zero attached hydrogens (tertiary/aromatic N) is 3. The molecule has 5 nitrogen and oxygen atoms in total. The van der Waals surface area contributed by atoms with Crippen LogP contribution in [-0.2, 0) is 4.79 Å². The molecule has 1 aromatic carbocycles. The number of fused-ring (bicyclic) bond motifs is 1. The number of anilines is 1. The van der Waals surface area contributed by atoms with Crippen LogP contribution in [0.5, 0.6) is 0 Å². The average Bonchev–Trinajstić information content (AvgIpc) is 2.89. The molecule has 0 saturated carbocycles. The van der Waals surface area contributed by atoms with Crippen LogP contribution in [0.15, 0.2) is 30.3 Å². The van der Waals surface area contributed by atoms with Crippen molar-refractivity contribution >= 4 is 22.6 Å². The number of hydrogen-bond donors (Lipinski definition) is 1. The molecule has 0 atom stereocenters. The molecule has 0 aliphatic rings. The Morgan fingerprint density at radius 3 is 2.71 bits per heavy atom. The molecule has 3 aromatic rings. The van der Waals surface area contributed by atoms with Crippen molar-refractivity contribution in [2.75, 3.05) is 5.32 Å². The smallest absolute Gasteiger partial charge is 0.225 e. The molecule has 0 saturated heterocycles. The Bertz CT molecular complexity index is 911. The van der Waals surface area contributed by atoms with Crippen LogP contribution in [0, 0.1) is 20.8 Å². The van der Waals surface area contributed by atoms with Crippen molar-refractivity contribution in [2.45, 2.75) is 40.5 Å². The summed E-state index contributed by atoms with van der Waals surface area (Å²) in [5.74, 6) is 1.37. The summed E-state index contributed by atoms with van der Waals surface area (Å²) in [4.78, 5) is 16.7. The minimum Gasteiger partial charge on any atom is -0.311 e. The Kier molecular flexibility index (Phi) is 4.34. The lowest BCUT2D eigenvalue weighted by Gasteiger charge is -2.11. The van der Waals surface area contributed by atoms with Gasteiger partial charge >= 0.3 is 0 Å². The number of benzene rings is 1. The van der Waals surface area contributed by atoms with Crippen molar-refractivity contribution in [1.29, 1.82) is 0 Å². The summed E-state index contributed by atoms with van der Waals surface area (Å²) in [6.07, 6.45) is 1.30. The number of hydrogen-bond acceptors (Lipinski definition) is 3. The monoisotopic (exact) mass is 322 g/mol. The van der Waals surface area contributed by atoms with Crippen LogP contribution in [0.4, 0.5) is 5.82 Å². The van der Waals surface area contributed by atoms with Crippen LogP contribution < -0.4 is 5.32 Å². The maximum absolute atomic E-state index is 12.0. The van der Waals surface area contributed by atoms with E-state index in [4.69, 9.17) is 4.98 Å². The Morgan fingerprint density at radius 2 is 1.96 bits per heavy atom. The van der Waals surface area contributed by atoms with Crippen molar-refractivity contribution in [3.05, 3.63) is 47.2 Å². The zero-order chi connectivity index (χ0) is 17.3. The second-order valence-electron chi connectivity index (χ2n) is 6.15. The SMILES string of the molecule is CCCC(=O)Nc1cc(C)nn1-c1cc(C)c2cccc(C)c2n1. The second-order valence-corrected chi connectivity index (χ2v) is 6.15. The summed E-state index contributed by atoms with van der Waals surface area (Å²) in [5, 5.41) is 8.58. The van der Waals surface area contributed by atoms with Crippen molar-refractivity contribution in [3.8, 4) is 5.82 Å². The third-order valence-corrected chi connectivity index (χ3v) is 4.03. The van der Waals surface area contributed by atoms with Crippen LogP contribution in [0.2, 0.25) is 0 Å². The van der Waals surface area contributed by atoms with Gasteiger partial charge in [-0.25, -0.2) is 4.98 Å². The number of rotatable bonds is 4. The van der Waals surface area contributed by atoms with E-state index in [1.807, 2.05) is 32.0 Å². The minimum atomic E-state index is -0.00709. The highest BCUT2D eigenvalue weighted by atomic mass is 16.1. The number of pyridine rings is 1. The molecule has 0 unspecified atom stereocenters. The Labute approximate surface area is 141 Å². The number of carbonyl (C=O) groups excluding carboxylic acids is 1. The second kappa shape index (κ2) is 6.43. The van der Waals surface area contributed by atoms with Gasteiger partial charge in [0.15, 0.2) is 5.82 Å². The van der Waals surface area contributed by atoms with E-state index >= 15 is 0 Å². The first-order valence-corrected chi connectivity index (χ1v) is 8.23. The summed E-state index contributed by atoms with van der Waals surface area (Å²) >= 11 is 0. The van der Waals surface area contributed by atoms with E-state index in [1.54, 1.807) is 4.68 Å². The molecule has 1 amide bonds. The number of nitrogens with one attached hydrogen (secondary N) is 1. The molecular weight excluding hydrogens is 300 g/mol. The first kappa shape index (κ1) is 16.2. The lowest BCUT2D eigenvalue weighted by atomic mass is 10.1. The van der Waals surface area contributed by atoms with Gasteiger partial charge in [0.25, 0.3) is 0 Å². The topological polar surface area (TPSA) is 59.8 Å². The number of para-hydroxylation sites is 1. The molecule has 2 aromatic heterocycles. The summed E-state index contributed by atoms with van der Waals surface area (Å²) in [7, 11) is 0. The number of carbonyl (C=O) groups is 1. The van der Waals surface area contributed by atoms with Crippen LogP contribution in [0.1, 0.15) is 36.6 Å². The fourth-order valence-electron chi connectivity index (χ4n) is 2.85. The molecule has 0 aliphatic carbocycles. The lowest BCUT2D eigenvalue weighted by Crippen LogP contribution is -2.15. The predicted molar refractivity (Wildman–Crippen MR) is 96.6 cm³/mol. The Morgan fingerprint density at radius 1 is 1.17 bits per heavy atom. The molecule has 0 fully saturated rings. The van der Waals surface area contributed by atoms with Crippen LogP contribution in [-0.4, -0.2) is 20.7 Å². The molecule has 3 rings (SSSR count). The summed E-state index contributed by atoms with van der Waals surface area (Å²) in [6, 6.07) is 10.0. The largest absolute Gasteiger partial charge is 0.311 e. The van der Waals surface area contributed by atoms with Crippen molar-refractivity contribution in [3.63, 3.8) is 0 Å². The van der Waals surface area contributed by atoms with Gasteiger partial charge in [-0.3, -0.25) is 4.79 Å². The summed E-state index contributed by atoms with van der Waals surface area (Å²) in [6.45, 7) is 8.01. The van der Waals surface area contributed by atoms with Gasteiger partial charge < -0.3 is 5.32 Å². The molecule has 124 valence electrons. The van der Waals surface area contributed by atoms with Crippen LogP contribution in [0.25, 0.3) is 16.7 Å². The highest BCUT2D eigenvalue weighted by Crippen LogP contribution is 2.24. The number of aromatic nitrogens is 3. The zero-order valence-corrected chi connectivity index (χ0v) is 14.6. The van der Waals surface area contributed by atoms with E-state index in [-0.39, 0.29) is 5.91 Å². The van der Waals surface area contributed by atoms with E-state index in [9.17, 15) is 4.79 Å². The van der Waals surface area contributed by atoms with Crippen molar-refractivity contribution < 1.29 is 4.79 Å². The number of amides is 1. The van der Waals surface area contributed by atoms with Gasteiger partial charge in [0.1, 0.15) is 5.82 Å². The number of aryl methyl sites for hydroxylation is 3. The third-order valence-electron chi connectivity index (χ3n) is 4.03. The summed E-state index contributed by atoms with van der Waals surface area (Å²) < 4.78 is 1.71. The highest BCUT2D eigenvalue weighted by molar-refractivity contribution is 5.90. The van der Waals surface area contributed by atoms with E-state index in [2.05, 4.69) is 36.4 Å². The molecule has 1 N–H and O–H groups in total. The molecular formula is C19H22N4O. The van der Waals surface area contributed by atoms with E-state index in [0.717, 1.165) is 34.1 Å². The minimum absolute atomic E-state index is 0.00709. The maximum Gasteiger partial charge on any atom is 0.225 e. The van der Waals surface area contributed by atoms with Crippen molar-refractivity contribution in [2.24, 2.45) is 0 Å². The van der Waals surface area contributed by atoms with Gasteiger partial charge in [-0.05, 0) is 44.4 Å². The standard InChI is InChI=1S/C19H22N4O/c1-5-7-18(24)20-17-11-14(4)22-23(17)16-10-13(3)15-9-6-8-12(2)19(15)21-16/h6,8-11H,5,7H2,1-4H3,(H,20,24). The fraction of sp³-hybridized carbons (Fsp3) is 0.316. The van der Waals surface area contributed by atoms with Gasteiger partial charge in [0.05, 0.1) is 11.2 Å². The van der Waals surface area contributed by atoms with Crippen LogP contribution >= 0.6 is 0 Å². The highest BCUT2D eigenvalue weighted by Gasteiger charge is 2.13. The lowest BCUT2D eigenvalue weighted by molar-refractivity contribution is -0.116. The first-order valence-electron chi connectivity index (χ1n) is 8.23.